The fraction of sp³-hybridized carbons (Fsp3) is 0.556. The van der Waals surface area contributed by atoms with Crippen molar-refractivity contribution in [3.8, 4) is 0 Å². The summed E-state index contributed by atoms with van der Waals surface area (Å²) in [6.45, 7) is 9.97. The summed E-state index contributed by atoms with van der Waals surface area (Å²) in [5, 5.41) is 8.74. The molecule has 2 N–H and O–H groups in total. The minimum Gasteiger partial charge on any atom is -0.443 e. The van der Waals surface area contributed by atoms with Gasteiger partial charge in [0.15, 0.2) is 5.96 Å². The largest absolute Gasteiger partial charge is 0.443 e. The average Bonchev–Trinajstić information content (AvgIpc) is 3.18. The van der Waals surface area contributed by atoms with E-state index in [2.05, 4.69) is 65.8 Å². The molecule has 0 aliphatic carbocycles. The van der Waals surface area contributed by atoms with Crippen LogP contribution in [0.1, 0.15) is 44.2 Å². The van der Waals surface area contributed by atoms with Gasteiger partial charge in [0, 0.05) is 23.9 Å². The molecular weight excluding hydrogens is 447 g/mol. The van der Waals surface area contributed by atoms with Gasteiger partial charge in [-0.15, -0.1) is 35.3 Å². The molecule has 0 radical (unpaired) electrons. The van der Waals surface area contributed by atoms with E-state index in [-0.39, 0.29) is 29.4 Å². The van der Waals surface area contributed by atoms with Crippen LogP contribution in [-0.4, -0.2) is 24.5 Å². The first-order chi connectivity index (χ1) is 11.4. The third-order valence-electron chi connectivity index (χ3n) is 3.67. The summed E-state index contributed by atoms with van der Waals surface area (Å²) in [7, 11) is 1.77. The number of aliphatic imine (C=N–C) groups is 1. The monoisotopic (exact) mass is 476 g/mol. The van der Waals surface area contributed by atoms with Crippen molar-refractivity contribution < 1.29 is 4.42 Å². The number of aromatic nitrogens is 1. The first-order valence-electron chi connectivity index (χ1n) is 8.30. The molecule has 1 unspecified atom stereocenters. The van der Waals surface area contributed by atoms with Gasteiger partial charge in [-0.2, -0.15) is 0 Å². The number of thiophene rings is 1. The molecular formula is C18H29IN4OS. The standard InChI is InChI=1S/C18H28N4OS.HI/c1-13(9-14-7-6-8-24-14)10-21-17(19-5)22-12-16-20-11-15(23-16)18(2,3)4;/h6-8,11,13H,9-10,12H2,1-5H3,(H2,19,21,22);1H. The maximum Gasteiger partial charge on any atom is 0.213 e. The van der Waals surface area contributed by atoms with Gasteiger partial charge in [0.2, 0.25) is 5.89 Å². The number of hydrogen-bond donors (Lipinski definition) is 2. The Balaban J connectivity index is 0.00000312. The number of nitrogens with one attached hydrogen (secondary N) is 2. The van der Waals surface area contributed by atoms with E-state index in [9.17, 15) is 0 Å². The minimum atomic E-state index is -0.0254. The zero-order chi connectivity index (χ0) is 17.6. The van der Waals surface area contributed by atoms with Crippen LogP contribution < -0.4 is 10.6 Å². The highest BCUT2D eigenvalue weighted by Gasteiger charge is 2.19. The molecule has 0 saturated carbocycles. The molecule has 2 heterocycles. The Labute approximate surface area is 171 Å². The maximum absolute atomic E-state index is 5.78. The highest BCUT2D eigenvalue weighted by molar-refractivity contribution is 14.0. The van der Waals surface area contributed by atoms with Gasteiger partial charge in [0.25, 0.3) is 0 Å². The molecule has 0 aliphatic rings. The van der Waals surface area contributed by atoms with Crippen LogP contribution in [0.15, 0.2) is 33.1 Å². The van der Waals surface area contributed by atoms with Crippen LogP contribution in [-0.2, 0) is 18.4 Å². The van der Waals surface area contributed by atoms with Crippen LogP contribution in [0.2, 0.25) is 0 Å². The Hall–Kier alpha value is -1.09. The van der Waals surface area contributed by atoms with Crippen molar-refractivity contribution in [2.45, 2.75) is 46.1 Å². The zero-order valence-corrected chi connectivity index (χ0v) is 18.8. The second-order valence-electron chi connectivity index (χ2n) is 7.06. The lowest BCUT2D eigenvalue weighted by Crippen LogP contribution is -2.39. The molecule has 0 aromatic carbocycles. The molecule has 25 heavy (non-hydrogen) atoms. The lowest BCUT2D eigenvalue weighted by molar-refractivity contribution is 0.379. The summed E-state index contributed by atoms with van der Waals surface area (Å²) in [6.07, 6.45) is 2.88. The van der Waals surface area contributed by atoms with Crippen LogP contribution in [0.4, 0.5) is 0 Å². The average molecular weight is 476 g/mol. The Kier molecular flexibility index (Phi) is 8.92. The predicted molar refractivity (Wildman–Crippen MR) is 116 cm³/mol. The first kappa shape index (κ1) is 22.0. The van der Waals surface area contributed by atoms with E-state index in [1.807, 2.05) is 11.3 Å². The molecule has 140 valence electrons. The summed E-state index contributed by atoms with van der Waals surface area (Å²) < 4.78 is 5.78. The fourth-order valence-corrected chi connectivity index (χ4v) is 3.10. The van der Waals surface area contributed by atoms with Gasteiger partial charge in [-0.05, 0) is 23.8 Å². The number of guanidine groups is 1. The highest BCUT2D eigenvalue weighted by atomic mass is 127. The van der Waals surface area contributed by atoms with Crippen molar-refractivity contribution in [1.82, 2.24) is 15.6 Å². The second-order valence-corrected chi connectivity index (χ2v) is 8.10. The Morgan fingerprint density at radius 3 is 2.68 bits per heavy atom. The highest BCUT2D eigenvalue weighted by Crippen LogP contribution is 2.22. The molecule has 0 aliphatic heterocycles. The molecule has 2 rings (SSSR count). The van der Waals surface area contributed by atoms with Gasteiger partial charge in [0.1, 0.15) is 5.76 Å². The van der Waals surface area contributed by atoms with E-state index in [0.717, 1.165) is 24.7 Å². The molecule has 5 nitrogen and oxygen atoms in total. The Morgan fingerprint density at radius 1 is 1.36 bits per heavy atom. The summed E-state index contributed by atoms with van der Waals surface area (Å²) in [5.41, 5.74) is -0.0254. The van der Waals surface area contributed by atoms with Crippen LogP contribution >= 0.6 is 35.3 Å². The molecule has 2 aromatic heterocycles. The van der Waals surface area contributed by atoms with E-state index >= 15 is 0 Å². The molecule has 0 bridgehead atoms. The second kappa shape index (κ2) is 10.2. The van der Waals surface area contributed by atoms with E-state index in [0.29, 0.717) is 18.4 Å². The molecule has 0 spiro atoms. The first-order valence-corrected chi connectivity index (χ1v) is 9.18. The fourth-order valence-electron chi connectivity index (χ4n) is 2.23. The normalized spacial score (nSPS) is 13.2. The summed E-state index contributed by atoms with van der Waals surface area (Å²) in [5.74, 6) is 2.88. The summed E-state index contributed by atoms with van der Waals surface area (Å²) in [6, 6.07) is 4.28. The minimum absolute atomic E-state index is 0. The van der Waals surface area contributed by atoms with Crippen LogP contribution in [0.3, 0.4) is 0 Å². The van der Waals surface area contributed by atoms with E-state index in [1.54, 1.807) is 13.2 Å². The van der Waals surface area contributed by atoms with Crippen LogP contribution in [0.5, 0.6) is 0 Å². The van der Waals surface area contributed by atoms with Crippen molar-refractivity contribution in [3.63, 3.8) is 0 Å². The maximum atomic E-state index is 5.78. The van der Waals surface area contributed by atoms with Crippen molar-refractivity contribution >= 4 is 41.3 Å². The topological polar surface area (TPSA) is 62.5 Å². The van der Waals surface area contributed by atoms with E-state index in [1.165, 1.54) is 4.88 Å². The van der Waals surface area contributed by atoms with Gasteiger partial charge in [-0.25, -0.2) is 4.98 Å². The van der Waals surface area contributed by atoms with Gasteiger partial charge in [-0.1, -0.05) is 33.8 Å². The smallest absolute Gasteiger partial charge is 0.213 e. The quantitative estimate of drug-likeness (QED) is 0.373. The lowest BCUT2D eigenvalue weighted by atomic mass is 9.94. The number of oxazole rings is 1. The van der Waals surface area contributed by atoms with E-state index in [4.69, 9.17) is 4.42 Å². The SMILES string of the molecule is CN=C(NCc1ncc(C(C)(C)C)o1)NCC(C)Cc1cccs1.I. The van der Waals surface area contributed by atoms with Crippen molar-refractivity contribution in [3.05, 3.63) is 40.2 Å². The number of halogens is 1. The summed E-state index contributed by atoms with van der Waals surface area (Å²) >= 11 is 1.81. The van der Waals surface area contributed by atoms with E-state index < -0.39 is 0 Å². The Bertz CT molecular complexity index is 646. The summed E-state index contributed by atoms with van der Waals surface area (Å²) in [4.78, 5) is 10.00. The van der Waals surface area contributed by atoms with Gasteiger partial charge >= 0.3 is 0 Å². The van der Waals surface area contributed by atoms with Gasteiger partial charge in [-0.3, -0.25) is 4.99 Å². The van der Waals surface area contributed by atoms with Crippen LogP contribution in [0, 0.1) is 5.92 Å². The molecule has 1 atom stereocenters. The molecule has 0 amide bonds. The van der Waals surface area contributed by atoms with Crippen molar-refractivity contribution in [2.24, 2.45) is 10.9 Å². The van der Waals surface area contributed by atoms with Gasteiger partial charge < -0.3 is 15.1 Å². The third-order valence-corrected chi connectivity index (χ3v) is 4.57. The van der Waals surface area contributed by atoms with Gasteiger partial charge in [0.05, 0.1) is 12.7 Å². The van der Waals surface area contributed by atoms with Crippen molar-refractivity contribution in [2.75, 3.05) is 13.6 Å². The Morgan fingerprint density at radius 2 is 2.12 bits per heavy atom. The lowest BCUT2D eigenvalue weighted by Gasteiger charge is -2.15. The molecule has 7 heteroatoms. The zero-order valence-electron chi connectivity index (χ0n) is 15.6. The molecule has 0 fully saturated rings. The van der Waals surface area contributed by atoms with Crippen LogP contribution in [0.25, 0.3) is 0 Å². The number of rotatable bonds is 6. The molecule has 2 aromatic rings. The van der Waals surface area contributed by atoms with Crippen molar-refractivity contribution in [1.29, 1.82) is 0 Å². The molecule has 0 saturated heterocycles. The number of hydrogen-bond acceptors (Lipinski definition) is 4. The third kappa shape index (κ3) is 7.35. The predicted octanol–water partition coefficient (Wildman–Crippen LogP) is 4.20. The number of nitrogens with zero attached hydrogens (tertiary/aromatic N) is 2.